The van der Waals surface area contributed by atoms with Gasteiger partial charge in [0.1, 0.15) is 6.04 Å². The summed E-state index contributed by atoms with van der Waals surface area (Å²) in [7, 11) is 0. The highest BCUT2D eigenvalue weighted by atomic mass is 19.4. The molecule has 0 aliphatic carbocycles. The Bertz CT molecular complexity index is 615. The number of hydrogen-bond donors (Lipinski definition) is 1. The smallest absolute Gasteiger partial charge is 0.303 e. The third kappa shape index (κ3) is 3.21. The molecule has 1 heterocycles. The Morgan fingerprint density at radius 2 is 1.76 bits per heavy atom. The molecule has 0 amide bonds. The molecule has 1 aliphatic rings. The van der Waals surface area contributed by atoms with Crippen molar-refractivity contribution in [3.05, 3.63) is 48.0 Å². The van der Waals surface area contributed by atoms with Gasteiger partial charge in [-0.05, 0) is 42.0 Å². The number of fused-ring (bicyclic) bond motifs is 1. The van der Waals surface area contributed by atoms with Gasteiger partial charge in [0, 0.05) is 6.04 Å². The lowest BCUT2D eigenvalue weighted by Crippen LogP contribution is -2.51. The Kier molecular flexibility index (Phi) is 3.89. The first-order valence-corrected chi connectivity index (χ1v) is 7.33. The van der Waals surface area contributed by atoms with Gasteiger partial charge in [-0.1, -0.05) is 42.5 Å². The quantitative estimate of drug-likeness (QED) is 0.862. The van der Waals surface area contributed by atoms with Crippen LogP contribution in [0.1, 0.15) is 24.8 Å². The van der Waals surface area contributed by atoms with E-state index in [2.05, 4.69) is 5.32 Å². The molecule has 2 aromatic rings. The highest BCUT2D eigenvalue weighted by Crippen LogP contribution is 2.29. The molecular formula is C17H18F3N. The molecule has 0 spiro atoms. The number of rotatable bonds is 2. The maximum absolute atomic E-state index is 12.8. The first-order valence-electron chi connectivity index (χ1n) is 7.33. The topological polar surface area (TPSA) is 12.0 Å². The first-order chi connectivity index (χ1) is 10.0. The van der Waals surface area contributed by atoms with Gasteiger partial charge in [0.05, 0.1) is 0 Å². The second-order valence-electron chi connectivity index (χ2n) is 5.73. The summed E-state index contributed by atoms with van der Waals surface area (Å²) in [6, 6.07) is 12.6. The molecule has 112 valence electrons. The summed E-state index contributed by atoms with van der Waals surface area (Å²) in [6.07, 6.45) is -1.87. The number of benzene rings is 2. The van der Waals surface area contributed by atoms with Gasteiger partial charge in [0.25, 0.3) is 0 Å². The minimum absolute atomic E-state index is 0.101. The predicted octanol–water partition coefficient (Wildman–Crippen LogP) is 4.46. The van der Waals surface area contributed by atoms with Crippen molar-refractivity contribution in [2.45, 2.75) is 43.9 Å². The largest absolute Gasteiger partial charge is 0.403 e. The average molecular weight is 293 g/mol. The van der Waals surface area contributed by atoms with Gasteiger partial charge in [-0.2, -0.15) is 13.2 Å². The van der Waals surface area contributed by atoms with Crippen LogP contribution in [0.3, 0.4) is 0 Å². The van der Waals surface area contributed by atoms with Gasteiger partial charge in [-0.25, -0.2) is 0 Å². The summed E-state index contributed by atoms with van der Waals surface area (Å²) in [5.74, 6) is 0. The Labute approximate surface area is 122 Å². The van der Waals surface area contributed by atoms with E-state index >= 15 is 0 Å². The number of alkyl halides is 3. The van der Waals surface area contributed by atoms with E-state index in [0.717, 1.165) is 22.8 Å². The number of nitrogens with one attached hydrogen (secondary N) is 1. The van der Waals surface area contributed by atoms with Crippen LogP contribution in [-0.4, -0.2) is 18.3 Å². The molecule has 1 nitrogen and oxygen atoms in total. The van der Waals surface area contributed by atoms with Gasteiger partial charge in [-0.15, -0.1) is 0 Å². The van der Waals surface area contributed by atoms with Crippen molar-refractivity contribution in [2.24, 2.45) is 0 Å². The van der Waals surface area contributed by atoms with E-state index in [1.165, 1.54) is 0 Å². The zero-order chi connectivity index (χ0) is 14.9. The van der Waals surface area contributed by atoms with E-state index in [1.54, 1.807) is 0 Å². The van der Waals surface area contributed by atoms with Gasteiger partial charge < -0.3 is 5.32 Å². The maximum Gasteiger partial charge on any atom is 0.403 e. The van der Waals surface area contributed by atoms with Gasteiger partial charge in [0.2, 0.25) is 0 Å². The van der Waals surface area contributed by atoms with Crippen LogP contribution in [0.5, 0.6) is 0 Å². The first kappa shape index (κ1) is 14.4. The fourth-order valence-electron chi connectivity index (χ4n) is 3.17. The molecule has 2 aromatic carbocycles. The summed E-state index contributed by atoms with van der Waals surface area (Å²) in [5.41, 5.74) is 1.12. The van der Waals surface area contributed by atoms with Crippen LogP contribution in [0.4, 0.5) is 13.2 Å². The molecule has 1 aliphatic heterocycles. The van der Waals surface area contributed by atoms with E-state index in [9.17, 15) is 13.2 Å². The molecule has 1 fully saturated rings. The second kappa shape index (κ2) is 5.68. The Hall–Kier alpha value is -1.55. The van der Waals surface area contributed by atoms with Crippen LogP contribution in [0.2, 0.25) is 0 Å². The minimum atomic E-state index is -4.14. The average Bonchev–Trinajstić information content (AvgIpc) is 2.47. The fraction of sp³-hybridized carbons (Fsp3) is 0.412. The van der Waals surface area contributed by atoms with E-state index in [0.29, 0.717) is 12.8 Å². The second-order valence-corrected chi connectivity index (χ2v) is 5.73. The Balaban J connectivity index is 1.79. The van der Waals surface area contributed by atoms with Crippen LogP contribution >= 0.6 is 0 Å². The third-order valence-electron chi connectivity index (χ3n) is 4.22. The molecule has 0 saturated carbocycles. The maximum atomic E-state index is 12.8. The van der Waals surface area contributed by atoms with Crippen molar-refractivity contribution in [2.75, 3.05) is 0 Å². The number of piperidine rings is 1. The molecule has 1 saturated heterocycles. The normalized spacial score (nSPS) is 23.4. The summed E-state index contributed by atoms with van der Waals surface area (Å²) in [5, 5.41) is 5.05. The molecule has 0 radical (unpaired) electrons. The van der Waals surface area contributed by atoms with E-state index in [1.807, 2.05) is 42.5 Å². The molecule has 4 heteroatoms. The summed E-state index contributed by atoms with van der Waals surface area (Å²) < 4.78 is 38.5. The predicted molar refractivity (Wildman–Crippen MR) is 78.3 cm³/mol. The van der Waals surface area contributed by atoms with Gasteiger partial charge in [-0.3, -0.25) is 0 Å². The van der Waals surface area contributed by atoms with Crippen molar-refractivity contribution >= 4 is 10.8 Å². The van der Waals surface area contributed by atoms with Crippen LogP contribution in [0.15, 0.2) is 42.5 Å². The van der Waals surface area contributed by atoms with Crippen LogP contribution in [0.25, 0.3) is 10.8 Å². The van der Waals surface area contributed by atoms with Crippen LogP contribution in [0, 0.1) is 0 Å². The Morgan fingerprint density at radius 3 is 2.57 bits per heavy atom. The van der Waals surface area contributed by atoms with Gasteiger partial charge >= 0.3 is 6.18 Å². The standard InChI is InChI=1S/C17H18F3N/c18-17(19,20)16-10-4-8-14(21-16)11-13-7-3-6-12-5-1-2-9-15(12)13/h1-3,5-7,9,14,16,21H,4,8,10-11H2. The number of halogens is 3. The highest BCUT2D eigenvalue weighted by molar-refractivity contribution is 5.85. The monoisotopic (exact) mass is 293 g/mol. The van der Waals surface area contributed by atoms with E-state index in [-0.39, 0.29) is 12.5 Å². The van der Waals surface area contributed by atoms with Crippen molar-refractivity contribution in [1.29, 1.82) is 0 Å². The van der Waals surface area contributed by atoms with Crippen molar-refractivity contribution in [3.63, 3.8) is 0 Å². The van der Waals surface area contributed by atoms with Crippen molar-refractivity contribution in [1.82, 2.24) is 5.32 Å². The van der Waals surface area contributed by atoms with Gasteiger partial charge in [0.15, 0.2) is 0 Å². The molecule has 0 aromatic heterocycles. The minimum Gasteiger partial charge on any atom is -0.303 e. The van der Waals surface area contributed by atoms with Crippen LogP contribution in [-0.2, 0) is 6.42 Å². The van der Waals surface area contributed by atoms with Crippen molar-refractivity contribution in [3.8, 4) is 0 Å². The molecule has 3 rings (SSSR count). The summed E-state index contributed by atoms with van der Waals surface area (Å²) >= 11 is 0. The van der Waals surface area contributed by atoms with E-state index in [4.69, 9.17) is 0 Å². The zero-order valence-corrected chi connectivity index (χ0v) is 11.7. The van der Waals surface area contributed by atoms with Crippen molar-refractivity contribution < 1.29 is 13.2 Å². The van der Waals surface area contributed by atoms with E-state index < -0.39 is 12.2 Å². The SMILES string of the molecule is FC(F)(F)C1CCCC(Cc2cccc3ccccc23)N1. The molecule has 21 heavy (non-hydrogen) atoms. The summed E-state index contributed by atoms with van der Waals surface area (Å²) in [6.45, 7) is 0. The molecule has 2 unspecified atom stereocenters. The summed E-state index contributed by atoms with van der Waals surface area (Å²) in [4.78, 5) is 0. The highest BCUT2D eigenvalue weighted by Gasteiger charge is 2.41. The lowest BCUT2D eigenvalue weighted by Gasteiger charge is -2.32. The Morgan fingerprint density at radius 1 is 1.00 bits per heavy atom. The molecule has 2 atom stereocenters. The van der Waals surface area contributed by atoms with Crippen LogP contribution < -0.4 is 5.32 Å². The third-order valence-corrected chi connectivity index (χ3v) is 4.22. The molecule has 1 N–H and O–H groups in total. The zero-order valence-electron chi connectivity index (χ0n) is 11.7. The fourth-order valence-corrected chi connectivity index (χ4v) is 3.17. The lowest BCUT2D eigenvalue weighted by molar-refractivity contribution is -0.163. The molecular weight excluding hydrogens is 275 g/mol. The number of hydrogen-bond acceptors (Lipinski definition) is 1. The molecule has 0 bridgehead atoms. The lowest BCUT2D eigenvalue weighted by atomic mass is 9.91.